The van der Waals surface area contributed by atoms with E-state index in [9.17, 15) is 9.18 Å². The quantitative estimate of drug-likeness (QED) is 0.895. The Morgan fingerprint density at radius 2 is 2.39 bits per heavy atom. The molecule has 0 bridgehead atoms. The number of hydrogen-bond acceptors (Lipinski definition) is 2. The topological polar surface area (TPSA) is 41.1 Å². The average Bonchev–Trinajstić information content (AvgIpc) is 2.85. The van der Waals surface area contributed by atoms with Crippen molar-refractivity contribution in [3.8, 4) is 0 Å². The van der Waals surface area contributed by atoms with Gasteiger partial charge in [-0.05, 0) is 66.0 Å². The first-order valence-corrected chi connectivity index (χ1v) is 6.90. The van der Waals surface area contributed by atoms with Crippen molar-refractivity contribution in [1.82, 2.24) is 10.6 Å². The van der Waals surface area contributed by atoms with Crippen molar-refractivity contribution in [3.05, 3.63) is 34.1 Å². The fraction of sp³-hybridized carbons (Fsp3) is 0.462. The van der Waals surface area contributed by atoms with Crippen LogP contribution in [0.1, 0.15) is 23.2 Å². The van der Waals surface area contributed by atoms with E-state index < -0.39 is 5.82 Å². The van der Waals surface area contributed by atoms with Crippen LogP contribution in [0, 0.1) is 11.7 Å². The van der Waals surface area contributed by atoms with Gasteiger partial charge in [0.05, 0.1) is 5.56 Å². The zero-order valence-corrected chi connectivity index (χ0v) is 11.6. The van der Waals surface area contributed by atoms with E-state index in [1.807, 2.05) is 0 Å². The summed E-state index contributed by atoms with van der Waals surface area (Å²) in [6, 6.07) is 4.12. The molecule has 98 valence electrons. The number of carbonyl (C=O) groups is 1. The molecule has 1 heterocycles. The van der Waals surface area contributed by atoms with Gasteiger partial charge in [0.1, 0.15) is 5.82 Å². The van der Waals surface area contributed by atoms with Gasteiger partial charge in [0.2, 0.25) is 0 Å². The zero-order valence-electron chi connectivity index (χ0n) is 10.0. The molecule has 0 spiro atoms. The molecule has 1 atom stereocenters. The van der Waals surface area contributed by atoms with Crippen LogP contribution in [0.5, 0.6) is 0 Å². The molecule has 1 aliphatic rings. The van der Waals surface area contributed by atoms with Crippen LogP contribution in [0.3, 0.4) is 0 Å². The lowest BCUT2D eigenvalue weighted by Crippen LogP contribution is -2.26. The first kappa shape index (κ1) is 13.5. The fourth-order valence-electron chi connectivity index (χ4n) is 2.12. The van der Waals surface area contributed by atoms with Gasteiger partial charge in [-0.1, -0.05) is 0 Å². The third-order valence-electron chi connectivity index (χ3n) is 3.17. The Bertz CT molecular complexity index is 433. The van der Waals surface area contributed by atoms with Crippen LogP contribution in [0.2, 0.25) is 0 Å². The maximum Gasteiger partial charge on any atom is 0.252 e. The molecule has 1 aromatic carbocycles. The lowest BCUT2D eigenvalue weighted by molar-refractivity contribution is 0.0950. The minimum atomic E-state index is -0.400. The first-order valence-electron chi connectivity index (χ1n) is 6.11. The number of nitrogens with one attached hydrogen (secondary N) is 2. The van der Waals surface area contributed by atoms with Crippen molar-refractivity contribution < 1.29 is 9.18 Å². The Hall–Kier alpha value is -0.940. The predicted molar refractivity (Wildman–Crippen MR) is 72.0 cm³/mol. The van der Waals surface area contributed by atoms with Gasteiger partial charge < -0.3 is 10.6 Å². The Kier molecular flexibility index (Phi) is 4.72. The van der Waals surface area contributed by atoms with Gasteiger partial charge in [-0.15, -0.1) is 0 Å². The van der Waals surface area contributed by atoms with E-state index in [1.165, 1.54) is 18.6 Å². The van der Waals surface area contributed by atoms with Crippen LogP contribution in [-0.4, -0.2) is 25.5 Å². The standard InChI is InChI=1S/C13H16BrFN2O/c14-12-2-1-10(15)7-11(12)13(18)17-6-4-9-3-5-16-8-9/h1-2,7,9,16H,3-6,8H2,(H,17,18). The number of hydrogen-bond donors (Lipinski definition) is 2. The largest absolute Gasteiger partial charge is 0.352 e. The van der Waals surface area contributed by atoms with Crippen LogP contribution in [-0.2, 0) is 0 Å². The molecule has 0 aliphatic carbocycles. The summed E-state index contributed by atoms with van der Waals surface area (Å²) in [5.74, 6) is 0.0110. The highest BCUT2D eigenvalue weighted by molar-refractivity contribution is 9.10. The van der Waals surface area contributed by atoms with Crippen molar-refractivity contribution in [2.24, 2.45) is 5.92 Å². The lowest BCUT2D eigenvalue weighted by Gasteiger charge is -2.10. The van der Waals surface area contributed by atoms with Crippen LogP contribution < -0.4 is 10.6 Å². The monoisotopic (exact) mass is 314 g/mol. The normalized spacial score (nSPS) is 18.9. The van der Waals surface area contributed by atoms with Crippen molar-refractivity contribution in [3.63, 3.8) is 0 Å². The van der Waals surface area contributed by atoms with E-state index >= 15 is 0 Å². The summed E-state index contributed by atoms with van der Waals surface area (Å²) >= 11 is 3.25. The third-order valence-corrected chi connectivity index (χ3v) is 3.87. The molecule has 0 aromatic heterocycles. The van der Waals surface area contributed by atoms with Crippen molar-refractivity contribution >= 4 is 21.8 Å². The fourth-order valence-corrected chi connectivity index (χ4v) is 2.54. The third kappa shape index (κ3) is 3.53. The van der Waals surface area contributed by atoms with Crippen molar-refractivity contribution in [1.29, 1.82) is 0 Å². The van der Waals surface area contributed by atoms with E-state index in [0.717, 1.165) is 19.5 Å². The van der Waals surface area contributed by atoms with Crippen LogP contribution in [0.15, 0.2) is 22.7 Å². The minimum Gasteiger partial charge on any atom is -0.352 e. The highest BCUT2D eigenvalue weighted by Gasteiger charge is 2.15. The lowest BCUT2D eigenvalue weighted by atomic mass is 10.1. The van der Waals surface area contributed by atoms with Crippen LogP contribution in [0.25, 0.3) is 0 Å². The van der Waals surface area contributed by atoms with E-state index in [0.29, 0.717) is 22.5 Å². The SMILES string of the molecule is O=C(NCCC1CCNC1)c1cc(F)ccc1Br. The molecule has 2 rings (SSSR count). The second-order valence-electron chi connectivity index (χ2n) is 4.53. The molecule has 1 saturated heterocycles. The van der Waals surface area contributed by atoms with E-state index in [4.69, 9.17) is 0 Å². The van der Waals surface area contributed by atoms with Crippen molar-refractivity contribution in [2.75, 3.05) is 19.6 Å². The molecule has 3 nitrogen and oxygen atoms in total. The maximum atomic E-state index is 13.1. The second kappa shape index (κ2) is 6.29. The van der Waals surface area contributed by atoms with Crippen LogP contribution >= 0.6 is 15.9 Å². The van der Waals surface area contributed by atoms with Crippen LogP contribution in [0.4, 0.5) is 4.39 Å². The first-order chi connectivity index (χ1) is 8.66. The maximum absolute atomic E-state index is 13.1. The number of rotatable bonds is 4. The van der Waals surface area contributed by atoms with E-state index in [2.05, 4.69) is 26.6 Å². The number of amides is 1. The van der Waals surface area contributed by atoms with Gasteiger partial charge >= 0.3 is 0 Å². The molecule has 1 unspecified atom stereocenters. The Balaban J connectivity index is 1.85. The van der Waals surface area contributed by atoms with Crippen molar-refractivity contribution in [2.45, 2.75) is 12.8 Å². The summed E-state index contributed by atoms with van der Waals surface area (Å²) in [4.78, 5) is 11.9. The smallest absolute Gasteiger partial charge is 0.252 e. The summed E-state index contributed by atoms with van der Waals surface area (Å²) in [6.45, 7) is 2.72. The molecular formula is C13H16BrFN2O. The van der Waals surface area contributed by atoms with Gasteiger partial charge in [0, 0.05) is 11.0 Å². The van der Waals surface area contributed by atoms with E-state index in [-0.39, 0.29) is 5.91 Å². The highest BCUT2D eigenvalue weighted by Crippen LogP contribution is 2.18. The summed E-state index contributed by atoms with van der Waals surface area (Å²) in [5.41, 5.74) is 0.347. The summed E-state index contributed by atoms with van der Waals surface area (Å²) in [6.07, 6.45) is 2.13. The summed E-state index contributed by atoms with van der Waals surface area (Å²) in [5, 5.41) is 6.12. The molecule has 0 saturated carbocycles. The molecule has 2 N–H and O–H groups in total. The number of benzene rings is 1. The van der Waals surface area contributed by atoms with Gasteiger partial charge in [-0.25, -0.2) is 4.39 Å². The predicted octanol–water partition coefficient (Wildman–Crippen LogP) is 2.32. The number of carbonyl (C=O) groups excluding carboxylic acids is 1. The highest BCUT2D eigenvalue weighted by atomic mass is 79.9. The molecule has 1 aromatic rings. The Morgan fingerprint density at radius 1 is 1.56 bits per heavy atom. The molecule has 1 aliphatic heterocycles. The molecule has 1 fully saturated rings. The average molecular weight is 315 g/mol. The van der Waals surface area contributed by atoms with Gasteiger partial charge in [-0.3, -0.25) is 4.79 Å². The minimum absolute atomic E-state index is 0.229. The molecule has 18 heavy (non-hydrogen) atoms. The molecular weight excluding hydrogens is 299 g/mol. The molecule has 5 heteroatoms. The Morgan fingerprint density at radius 3 is 3.11 bits per heavy atom. The molecule has 1 amide bonds. The zero-order chi connectivity index (χ0) is 13.0. The van der Waals surface area contributed by atoms with E-state index in [1.54, 1.807) is 6.07 Å². The van der Waals surface area contributed by atoms with Gasteiger partial charge in [0.25, 0.3) is 5.91 Å². The number of halogens is 2. The van der Waals surface area contributed by atoms with Gasteiger partial charge in [0.15, 0.2) is 0 Å². The summed E-state index contributed by atoms with van der Waals surface area (Å²) in [7, 11) is 0. The second-order valence-corrected chi connectivity index (χ2v) is 5.38. The molecule has 0 radical (unpaired) electrons. The van der Waals surface area contributed by atoms with Gasteiger partial charge in [-0.2, -0.15) is 0 Å². The Labute approximate surface area is 114 Å². The summed E-state index contributed by atoms with van der Waals surface area (Å²) < 4.78 is 13.7.